The zero-order valence-corrected chi connectivity index (χ0v) is 17.5. The van der Waals surface area contributed by atoms with Crippen molar-refractivity contribution in [2.45, 2.75) is 36.8 Å². The summed E-state index contributed by atoms with van der Waals surface area (Å²) in [4.78, 5) is 11.9. The van der Waals surface area contributed by atoms with Gasteiger partial charge in [0.2, 0.25) is 0 Å². The molecule has 0 atom stereocenters. The van der Waals surface area contributed by atoms with Gasteiger partial charge in [-0.3, -0.25) is 4.72 Å². The smallest absolute Gasteiger partial charge is 0.338 e. The standard InChI is InChI=1S/C20H18ClNO4S2/c1-11-15-10-13(21)7-9-17(15)27-20(11)28(25,26)22-16-8-6-12-4-2-3-5-14(12)18(16)19(23)24/h6-10,22H,2-5H2,1H3,(H,23,24). The molecule has 0 fully saturated rings. The van der Waals surface area contributed by atoms with Gasteiger partial charge in [0, 0.05) is 9.72 Å². The maximum absolute atomic E-state index is 13.1. The molecule has 0 amide bonds. The number of aryl methyl sites for hydroxylation is 2. The average Bonchev–Trinajstić information content (AvgIpc) is 2.98. The van der Waals surface area contributed by atoms with E-state index in [2.05, 4.69) is 4.72 Å². The van der Waals surface area contributed by atoms with Crippen LogP contribution in [0, 0.1) is 6.92 Å². The number of carboxylic acids is 1. The fourth-order valence-electron chi connectivity index (χ4n) is 3.78. The summed E-state index contributed by atoms with van der Waals surface area (Å²) in [6.07, 6.45) is 3.38. The van der Waals surface area contributed by atoms with E-state index in [0.717, 1.165) is 51.8 Å². The number of halogens is 1. The third kappa shape index (κ3) is 3.27. The molecule has 3 aromatic rings. The first-order valence-electron chi connectivity index (χ1n) is 8.87. The molecule has 8 heteroatoms. The van der Waals surface area contributed by atoms with Gasteiger partial charge in [-0.25, -0.2) is 13.2 Å². The number of carbonyl (C=O) groups is 1. The predicted molar refractivity (Wildman–Crippen MR) is 112 cm³/mol. The van der Waals surface area contributed by atoms with Crippen molar-refractivity contribution in [1.29, 1.82) is 0 Å². The Balaban J connectivity index is 1.81. The normalized spacial score (nSPS) is 14.1. The zero-order chi connectivity index (χ0) is 20.1. The lowest BCUT2D eigenvalue weighted by Crippen LogP contribution is -2.18. The first-order chi connectivity index (χ1) is 13.3. The van der Waals surface area contributed by atoms with Crippen LogP contribution >= 0.6 is 22.9 Å². The molecule has 0 unspecified atom stereocenters. The third-order valence-corrected chi connectivity index (χ3v) is 8.58. The fourth-order valence-corrected chi connectivity index (χ4v) is 6.77. The summed E-state index contributed by atoms with van der Waals surface area (Å²) in [5, 5.41) is 11.1. The number of carboxylic acid groups (broad SMARTS) is 1. The summed E-state index contributed by atoms with van der Waals surface area (Å²) < 4.78 is 29.7. The second-order valence-corrected chi connectivity index (χ2v) is 10.3. The highest BCUT2D eigenvalue weighted by Gasteiger charge is 2.27. The van der Waals surface area contributed by atoms with E-state index >= 15 is 0 Å². The van der Waals surface area contributed by atoms with Crippen LogP contribution in [-0.4, -0.2) is 19.5 Å². The molecule has 0 radical (unpaired) electrons. The van der Waals surface area contributed by atoms with Crippen LogP contribution in [0.3, 0.4) is 0 Å². The summed E-state index contributed by atoms with van der Waals surface area (Å²) in [7, 11) is -3.94. The van der Waals surface area contributed by atoms with Crippen molar-refractivity contribution in [1.82, 2.24) is 0 Å². The number of fused-ring (bicyclic) bond motifs is 2. The second kappa shape index (κ2) is 7.06. The number of nitrogens with one attached hydrogen (secondary N) is 1. The molecule has 1 heterocycles. The van der Waals surface area contributed by atoms with Crippen LogP contribution in [0.2, 0.25) is 5.02 Å². The van der Waals surface area contributed by atoms with Gasteiger partial charge in [-0.2, -0.15) is 0 Å². The lowest BCUT2D eigenvalue weighted by molar-refractivity contribution is 0.0696. The van der Waals surface area contributed by atoms with Crippen LogP contribution in [0.1, 0.15) is 39.9 Å². The average molecular weight is 436 g/mol. The first-order valence-corrected chi connectivity index (χ1v) is 11.5. The van der Waals surface area contributed by atoms with Crippen LogP contribution in [0.5, 0.6) is 0 Å². The van der Waals surface area contributed by atoms with Gasteiger partial charge in [-0.1, -0.05) is 17.7 Å². The Morgan fingerprint density at radius 1 is 1.18 bits per heavy atom. The van der Waals surface area contributed by atoms with Gasteiger partial charge in [-0.15, -0.1) is 11.3 Å². The van der Waals surface area contributed by atoms with Crippen molar-refractivity contribution in [2.24, 2.45) is 0 Å². The molecule has 0 aliphatic heterocycles. The number of thiophene rings is 1. The van der Waals surface area contributed by atoms with Crippen molar-refractivity contribution in [3.05, 3.63) is 57.6 Å². The maximum Gasteiger partial charge on any atom is 0.338 e. The summed E-state index contributed by atoms with van der Waals surface area (Å²) >= 11 is 7.19. The van der Waals surface area contributed by atoms with Crippen molar-refractivity contribution in [3.63, 3.8) is 0 Å². The molecule has 0 saturated heterocycles. The van der Waals surface area contributed by atoms with Crippen LogP contribution in [0.15, 0.2) is 34.5 Å². The SMILES string of the molecule is Cc1c(S(=O)(=O)Nc2ccc3c(c2C(=O)O)CCCC3)sc2ccc(Cl)cc12. The molecular weight excluding hydrogens is 418 g/mol. The largest absolute Gasteiger partial charge is 0.478 e. The van der Waals surface area contributed by atoms with Gasteiger partial charge < -0.3 is 5.11 Å². The van der Waals surface area contributed by atoms with E-state index in [0.29, 0.717) is 17.0 Å². The summed E-state index contributed by atoms with van der Waals surface area (Å²) in [5.41, 5.74) is 2.49. The van der Waals surface area contributed by atoms with Gasteiger partial charge in [0.05, 0.1) is 11.3 Å². The molecule has 2 N–H and O–H groups in total. The maximum atomic E-state index is 13.1. The van der Waals surface area contributed by atoms with Crippen molar-refractivity contribution in [3.8, 4) is 0 Å². The molecule has 0 spiro atoms. The minimum Gasteiger partial charge on any atom is -0.478 e. The fraction of sp³-hybridized carbons (Fsp3) is 0.250. The quantitative estimate of drug-likeness (QED) is 0.586. The number of anilines is 1. The van der Waals surface area contributed by atoms with Gasteiger partial charge in [-0.05, 0) is 78.9 Å². The highest BCUT2D eigenvalue weighted by molar-refractivity contribution is 7.95. The van der Waals surface area contributed by atoms with Crippen LogP contribution in [0.4, 0.5) is 5.69 Å². The van der Waals surface area contributed by atoms with E-state index in [1.807, 2.05) is 6.07 Å². The zero-order valence-electron chi connectivity index (χ0n) is 15.1. The molecule has 0 bridgehead atoms. The number of rotatable bonds is 4. The predicted octanol–water partition coefficient (Wildman–Crippen LogP) is 5.24. The lowest BCUT2D eigenvalue weighted by atomic mass is 9.87. The van der Waals surface area contributed by atoms with Gasteiger partial charge in [0.15, 0.2) is 0 Å². The van der Waals surface area contributed by atoms with E-state index in [1.165, 1.54) is 0 Å². The number of aromatic carboxylic acids is 1. The number of sulfonamides is 1. The first kappa shape index (κ1) is 19.2. The minimum atomic E-state index is -3.94. The third-order valence-electron chi connectivity index (χ3n) is 5.09. The Kier molecular flexibility index (Phi) is 4.85. The molecule has 0 saturated carbocycles. The number of benzene rings is 2. The van der Waals surface area contributed by atoms with E-state index in [1.54, 1.807) is 31.2 Å². The van der Waals surface area contributed by atoms with Crippen molar-refractivity contribution in [2.75, 3.05) is 4.72 Å². The highest BCUT2D eigenvalue weighted by Crippen LogP contribution is 2.37. The lowest BCUT2D eigenvalue weighted by Gasteiger charge is -2.20. The van der Waals surface area contributed by atoms with Crippen LogP contribution in [0.25, 0.3) is 10.1 Å². The Labute approximate surface area is 172 Å². The Bertz CT molecular complexity index is 1210. The van der Waals surface area contributed by atoms with E-state index < -0.39 is 16.0 Å². The molecule has 4 rings (SSSR count). The second-order valence-electron chi connectivity index (χ2n) is 6.90. The van der Waals surface area contributed by atoms with Gasteiger partial charge >= 0.3 is 5.97 Å². The molecule has 1 aliphatic rings. The summed E-state index contributed by atoms with van der Waals surface area (Å²) in [6.45, 7) is 1.73. The summed E-state index contributed by atoms with van der Waals surface area (Å²) in [6, 6.07) is 8.63. The molecular formula is C20H18ClNO4S2. The molecule has 1 aliphatic carbocycles. The van der Waals surface area contributed by atoms with Gasteiger partial charge in [0.1, 0.15) is 4.21 Å². The van der Waals surface area contributed by atoms with Crippen molar-refractivity contribution < 1.29 is 18.3 Å². The Hall–Kier alpha value is -2.09. The summed E-state index contributed by atoms with van der Waals surface area (Å²) in [5.74, 6) is -1.11. The molecule has 5 nitrogen and oxygen atoms in total. The molecule has 1 aromatic heterocycles. The van der Waals surface area contributed by atoms with E-state index in [-0.39, 0.29) is 15.5 Å². The molecule has 2 aromatic carbocycles. The number of hydrogen-bond donors (Lipinski definition) is 2. The minimum absolute atomic E-state index is 0.0579. The molecule has 28 heavy (non-hydrogen) atoms. The Morgan fingerprint density at radius 3 is 2.68 bits per heavy atom. The van der Waals surface area contributed by atoms with E-state index in [4.69, 9.17) is 11.6 Å². The van der Waals surface area contributed by atoms with Crippen LogP contribution < -0.4 is 4.72 Å². The molecule has 146 valence electrons. The van der Waals surface area contributed by atoms with Crippen molar-refractivity contribution >= 4 is 54.7 Å². The topological polar surface area (TPSA) is 83.5 Å². The van der Waals surface area contributed by atoms with E-state index in [9.17, 15) is 18.3 Å². The number of hydrogen-bond acceptors (Lipinski definition) is 4. The van der Waals surface area contributed by atoms with Crippen LogP contribution in [-0.2, 0) is 22.9 Å². The van der Waals surface area contributed by atoms with Gasteiger partial charge in [0.25, 0.3) is 10.0 Å². The Morgan fingerprint density at radius 2 is 1.93 bits per heavy atom. The monoisotopic (exact) mass is 435 g/mol. The highest BCUT2D eigenvalue weighted by atomic mass is 35.5.